The smallest absolute Gasteiger partial charge is 0.0492 e. The van der Waals surface area contributed by atoms with E-state index in [9.17, 15) is 0 Å². The van der Waals surface area contributed by atoms with Gasteiger partial charge in [-0.2, -0.15) is 5.10 Å². The monoisotopic (exact) mass is 322 g/mol. The van der Waals surface area contributed by atoms with Crippen molar-refractivity contribution in [2.75, 3.05) is 0 Å². The van der Waals surface area contributed by atoms with Crippen molar-refractivity contribution < 1.29 is 0 Å². The van der Waals surface area contributed by atoms with Crippen LogP contribution in [-0.4, -0.2) is 9.78 Å². The predicted molar refractivity (Wildman–Crippen MR) is 80.5 cm³/mol. The van der Waals surface area contributed by atoms with Gasteiger partial charge < -0.3 is 0 Å². The van der Waals surface area contributed by atoms with Crippen LogP contribution in [0.15, 0.2) is 34.9 Å². The lowest BCUT2D eigenvalue weighted by atomic mass is 10.0. The number of nitrogens with one attached hydrogen (secondary N) is 1. The van der Waals surface area contributed by atoms with Gasteiger partial charge in [0.05, 0.1) is 0 Å². The zero-order chi connectivity index (χ0) is 13.8. The Balaban J connectivity index is 2.10. The highest BCUT2D eigenvalue weighted by Crippen LogP contribution is 2.27. The molecule has 1 aromatic heterocycles. The summed E-state index contributed by atoms with van der Waals surface area (Å²) in [5.74, 6) is 5.70. The van der Waals surface area contributed by atoms with Crippen molar-refractivity contribution >= 4 is 15.9 Å². The summed E-state index contributed by atoms with van der Waals surface area (Å²) in [6, 6.07) is 8.51. The molecule has 0 fully saturated rings. The summed E-state index contributed by atoms with van der Waals surface area (Å²) in [6.07, 6.45) is 3.69. The Morgan fingerprint density at radius 2 is 2.21 bits per heavy atom. The minimum absolute atomic E-state index is 0.130. The van der Waals surface area contributed by atoms with E-state index >= 15 is 0 Å². The fourth-order valence-electron chi connectivity index (χ4n) is 2.18. The predicted octanol–water partition coefficient (Wildman–Crippen LogP) is 2.63. The molecule has 0 aliphatic carbocycles. The molecule has 2 rings (SSSR count). The quantitative estimate of drug-likeness (QED) is 0.657. The number of nitrogens with zero attached hydrogens (tertiary/aromatic N) is 2. The molecule has 1 unspecified atom stereocenters. The molecule has 0 aliphatic heterocycles. The van der Waals surface area contributed by atoms with Crippen molar-refractivity contribution in [1.82, 2.24) is 15.2 Å². The number of rotatable bonds is 5. The van der Waals surface area contributed by atoms with Gasteiger partial charge in [0, 0.05) is 29.5 Å². The molecule has 3 N–H and O–H groups in total. The summed E-state index contributed by atoms with van der Waals surface area (Å²) in [4.78, 5) is 0. The van der Waals surface area contributed by atoms with E-state index in [2.05, 4.69) is 51.6 Å². The van der Waals surface area contributed by atoms with Crippen molar-refractivity contribution in [3.8, 4) is 0 Å². The summed E-state index contributed by atoms with van der Waals surface area (Å²) < 4.78 is 3.00. The highest BCUT2D eigenvalue weighted by molar-refractivity contribution is 9.10. The SMILES string of the molecule is Cc1ccc(C(CCc2ccnn2C)NN)c(Br)c1. The maximum Gasteiger partial charge on any atom is 0.0492 e. The van der Waals surface area contributed by atoms with Crippen molar-refractivity contribution in [2.24, 2.45) is 12.9 Å². The fourth-order valence-corrected chi connectivity index (χ4v) is 2.95. The van der Waals surface area contributed by atoms with E-state index in [4.69, 9.17) is 5.84 Å². The second kappa shape index (κ2) is 6.32. The molecular weight excluding hydrogens is 304 g/mol. The first kappa shape index (κ1) is 14.2. The van der Waals surface area contributed by atoms with Crippen LogP contribution in [0.3, 0.4) is 0 Å². The minimum Gasteiger partial charge on any atom is -0.273 e. The van der Waals surface area contributed by atoms with E-state index in [1.165, 1.54) is 16.8 Å². The van der Waals surface area contributed by atoms with E-state index in [0.717, 1.165) is 17.3 Å². The molecule has 0 spiro atoms. The molecule has 2 aromatic rings. The van der Waals surface area contributed by atoms with Crippen LogP contribution in [0, 0.1) is 6.92 Å². The number of hydrogen-bond donors (Lipinski definition) is 2. The van der Waals surface area contributed by atoms with Crippen molar-refractivity contribution in [3.63, 3.8) is 0 Å². The van der Waals surface area contributed by atoms with Gasteiger partial charge in [0.25, 0.3) is 0 Å². The molecule has 1 aromatic carbocycles. The average molecular weight is 323 g/mol. The Bertz CT molecular complexity index is 550. The lowest BCUT2D eigenvalue weighted by Gasteiger charge is -2.18. The Morgan fingerprint density at radius 3 is 2.79 bits per heavy atom. The van der Waals surface area contributed by atoms with Gasteiger partial charge >= 0.3 is 0 Å². The van der Waals surface area contributed by atoms with E-state index in [-0.39, 0.29) is 6.04 Å². The van der Waals surface area contributed by atoms with Crippen LogP contribution in [0.1, 0.15) is 29.3 Å². The van der Waals surface area contributed by atoms with Gasteiger partial charge in [-0.3, -0.25) is 16.0 Å². The summed E-state index contributed by atoms with van der Waals surface area (Å²) >= 11 is 3.61. The van der Waals surface area contributed by atoms with E-state index < -0.39 is 0 Å². The summed E-state index contributed by atoms with van der Waals surface area (Å²) in [7, 11) is 1.96. The van der Waals surface area contributed by atoms with Gasteiger partial charge in [0.1, 0.15) is 0 Å². The van der Waals surface area contributed by atoms with Crippen molar-refractivity contribution in [1.29, 1.82) is 0 Å². The largest absolute Gasteiger partial charge is 0.273 e. The maximum absolute atomic E-state index is 5.70. The number of hydrogen-bond acceptors (Lipinski definition) is 3. The van der Waals surface area contributed by atoms with Gasteiger partial charge in [-0.05, 0) is 43.0 Å². The third-order valence-corrected chi connectivity index (χ3v) is 4.03. The van der Waals surface area contributed by atoms with E-state index in [1.54, 1.807) is 0 Å². The van der Waals surface area contributed by atoms with Crippen LogP contribution in [-0.2, 0) is 13.5 Å². The number of aryl methyl sites for hydroxylation is 3. The van der Waals surface area contributed by atoms with Crippen LogP contribution < -0.4 is 11.3 Å². The topological polar surface area (TPSA) is 55.9 Å². The second-order valence-corrected chi connectivity index (χ2v) is 5.58. The lowest BCUT2D eigenvalue weighted by molar-refractivity contribution is 0.505. The van der Waals surface area contributed by atoms with Crippen LogP contribution in [0.5, 0.6) is 0 Å². The molecule has 0 amide bonds. The highest BCUT2D eigenvalue weighted by Gasteiger charge is 2.13. The standard InChI is InChI=1S/C14H19BrN4/c1-10-3-5-12(13(15)9-10)14(18-16)6-4-11-7-8-17-19(11)2/h3,5,7-9,14,18H,4,6,16H2,1-2H3. The van der Waals surface area contributed by atoms with Gasteiger partial charge in [0.2, 0.25) is 0 Å². The molecule has 0 saturated heterocycles. The first-order valence-corrected chi connectivity index (χ1v) is 7.10. The first-order valence-electron chi connectivity index (χ1n) is 6.31. The molecular formula is C14H19BrN4. The number of halogens is 1. The zero-order valence-electron chi connectivity index (χ0n) is 11.2. The second-order valence-electron chi connectivity index (χ2n) is 4.73. The number of benzene rings is 1. The molecule has 0 saturated carbocycles. The van der Waals surface area contributed by atoms with E-state index in [0.29, 0.717) is 0 Å². The normalized spacial score (nSPS) is 12.6. The number of aromatic nitrogens is 2. The van der Waals surface area contributed by atoms with Gasteiger partial charge in [-0.25, -0.2) is 0 Å². The summed E-state index contributed by atoms with van der Waals surface area (Å²) in [5.41, 5.74) is 6.54. The van der Waals surface area contributed by atoms with Crippen LogP contribution >= 0.6 is 15.9 Å². The molecule has 1 atom stereocenters. The average Bonchev–Trinajstić information content (AvgIpc) is 2.78. The molecule has 0 aliphatic rings. The van der Waals surface area contributed by atoms with Crippen LogP contribution in [0.2, 0.25) is 0 Å². The highest BCUT2D eigenvalue weighted by atomic mass is 79.9. The number of hydrazine groups is 1. The molecule has 5 heteroatoms. The molecule has 1 heterocycles. The third-order valence-electron chi connectivity index (χ3n) is 3.34. The fraction of sp³-hybridized carbons (Fsp3) is 0.357. The van der Waals surface area contributed by atoms with Gasteiger partial charge in [-0.15, -0.1) is 0 Å². The summed E-state index contributed by atoms with van der Waals surface area (Å²) in [6.45, 7) is 2.08. The molecule has 4 nitrogen and oxygen atoms in total. The molecule has 0 bridgehead atoms. The number of nitrogens with two attached hydrogens (primary N) is 1. The third kappa shape index (κ3) is 3.43. The Labute approximate surface area is 122 Å². The van der Waals surface area contributed by atoms with Crippen LogP contribution in [0.25, 0.3) is 0 Å². The zero-order valence-corrected chi connectivity index (χ0v) is 12.8. The van der Waals surface area contributed by atoms with Gasteiger partial charge in [0.15, 0.2) is 0 Å². The molecule has 0 radical (unpaired) electrons. The van der Waals surface area contributed by atoms with Crippen LogP contribution in [0.4, 0.5) is 0 Å². The maximum atomic E-state index is 5.70. The minimum atomic E-state index is 0.130. The Morgan fingerprint density at radius 1 is 1.42 bits per heavy atom. The van der Waals surface area contributed by atoms with E-state index in [1.807, 2.05) is 24.0 Å². The van der Waals surface area contributed by atoms with Crippen molar-refractivity contribution in [2.45, 2.75) is 25.8 Å². The first-order chi connectivity index (χ1) is 9.11. The Hall–Kier alpha value is -1.17. The molecule has 102 valence electrons. The lowest BCUT2D eigenvalue weighted by Crippen LogP contribution is -2.28. The van der Waals surface area contributed by atoms with Crippen molar-refractivity contribution in [3.05, 3.63) is 51.8 Å². The van der Waals surface area contributed by atoms with Gasteiger partial charge in [-0.1, -0.05) is 28.1 Å². The summed E-state index contributed by atoms with van der Waals surface area (Å²) in [5, 5.41) is 4.18. The molecule has 19 heavy (non-hydrogen) atoms. The Kier molecular flexibility index (Phi) is 4.74.